The molecular weight excluding hydrogens is 258 g/mol. The Hall–Kier alpha value is -1.10. The Morgan fingerprint density at radius 3 is 2.16 bits per heavy atom. The van der Waals surface area contributed by atoms with Crippen molar-refractivity contribution in [3.8, 4) is 0 Å². The summed E-state index contributed by atoms with van der Waals surface area (Å²) in [5.41, 5.74) is -1.54. The molecule has 1 aromatic rings. The molecule has 1 N–H and O–H groups in total. The van der Waals surface area contributed by atoms with E-state index in [2.05, 4.69) is 5.32 Å². The Balaban J connectivity index is 3.33. The second-order valence-electron chi connectivity index (χ2n) is 5.56. The van der Waals surface area contributed by atoms with Crippen molar-refractivity contribution in [2.24, 2.45) is 5.41 Å². The average molecular weight is 277 g/mol. The zero-order valence-corrected chi connectivity index (χ0v) is 11.5. The summed E-state index contributed by atoms with van der Waals surface area (Å²) in [5, 5.41) is 3.05. The predicted molar refractivity (Wildman–Crippen MR) is 67.3 cm³/mol. The van der Waals surface area contributed by atoms with Gasteiger partial charge < -0.3 is 5.32 Å². The third-order valence-corrected chi connectivity index (χ3v) is 2.92. The lowest BCUT2D eigenvalue weighted by molar-refractivity contribution is -0.140. The van der Waals surface area contributed by atoms with Crippen LogP contribution in [0.3, 0.4) is 0 Å². The van der Waals surface area contributed by atoms with Gasteiger partial charge in [0.1, 0.15) is 5.82 Å². The van der Waals surface area contributed by atoms with E-state index in [1.807, 2.05) is 27.7 Å². The van der Waals surface area contributed by atoms with Crippen LogP contribution in [0.15, 0.2) is 18.2 Å². The van der Waals surface area contributed by atoms with E-state index in [1.54, 1.807) is 0 Å². The van der Waals surface area contributed by atoms with Crippen molar-refractivity contribution in [2.45, 2.75) is 39.9 Å². The molecule has 0 saturated carbocycles. The van der Waals surface area contributed by atoms with Gasteiger partial charge in [-0.25, -0.2) is 4.39 Å². The molecule has 0 bridgehead atoms. The van der Waals surface area contributed by atoms with Crippen LogP contribution < -0.4 is 5.32 Å². The summed E-state index contributed by atoms with van der Waals surface area (Å²) in [7, 11) is 0. The fraction of sp³-hybridized carbons (Fsp3) is 0.571. The zero-order valence-electron chi connectivity index (χ0n) is 11.5. The summed E-state index contributed by atoms with van der Waals surface area (Å²) in [6, 6.07) is 2.95. The molecule has 0 aliphatic carbocycles. The van der Waals surface area contributed by atoms with Gasteiger partial charge in [0.05, 0.1) is 5.56 Å². The first-order chi connectivity index (χ1) is 8.59. The van der Waals surface area contributed by atoms with Gasteiger partial charge in [-0.05, 0) is 18.0 Å². The third kappa shape index (κ3) is 3.69. The highest BCUT2D eigenvalue weighted by molar-refractivity contribution is 5.31. The van der Waals surface area contributed by atoms with Gasteiger partial charge in [-0.15, -0.1) is 0 Å². The van der Waals surface area contributed by atoms with E-state index < -0.39 is 23.6 Å². The van der Waals surface area contributed by atoms with Crippen molar-refractivity contribution in [3.05, 3.63) is 35.1 Å². The van der Waals surface area contributed by atoms with Gasteiger partial charge >= 0.3 is 6.18 Å². The van der Waals surface area contributed by atoms with E-state index in [4.69, 9.17) is 0 Å². The van der Waals surface area contributed by atoms with E-state index in [-0.39, 0.29) is 11.0 Å². The molecule has 0 fully saturated rings. The van der Waals surface area contributed by atoms with Gasteiger partial charge in [0.15, 0.2) is 0 Å². The Labute approximate surface area is 111 Å². The van der Waals surface area contributed by atoms with E-state index in [0.717, 1.165) is 6.07 Å². The molecule has 1 nitrogen and oxygen atoms in total. The topological polar surface area (TPSA) is 12.0 Å². The zero-order chi connectivity index (χ0) is 14.8. The normalized spacial score (nSPS) is 14.5. The minimum atomic E-state index is -4.67. The standard InChI is InChI=1S/C14H19F4N/c1-5-19-12(13(2,3)4)9-7-6-8-10(11(9)15)14(16,17)18/h6-8,12,19H,5H2,1-4H3. The first-order valence-electron chi connectivity index (χ1n) is 6.18. The van der Waals surface area contributed by atoms with E-state index in [0.29, 0.717) is 6.54 Å². The van der Waals surface area contributed by atoms with Gasteiger partial charge in [0.25, 0.3) is 0 Å². The molecule has 0 heterocycles. The highest BCUT2D eigenvalue weighted by atomic mass is 19.4. The summed E-state index contributed by atoms with van der Waals surface area (Å²) in [6.45, 7) is 7.97. The molecular formula is C14H19F4N. The van der Waals surface area contributed by atoms with E-state index in [1.165, 1.54) is 12.1 Å². The molecule has 19 heavy (non-hydrogen) atoms. The Bertz CT molecular complexity index is 432. The quantitative estimate of drug-likeness (QED) is 0.800. The SMILES string of the molecule is CCNC(c1cccc(C(F)(F)F)c1F)C(C)(C)C. The number of alkyl halides is 3. The van der Waals surface area contributed by atoms with Crippen LogP contribution in [0.2, 0.25) is 0 Å². The minimum Gasteiger partial charge on any atom is -0.310 e. The Kier molecular flexibility index (Phi) is 4.61. The number of halogens is 4. The van der Waals surface area contributed by atoms with Crippen molar-refractivity contribution < 1.29 is 17.6 Å². The Morgan fingerprint density at radius 2 is 1.74 bits per heavy atom. The number of benzene rings is 1. The van der Waals surface area contributed by atoms with Crippen LogP contribution in [-0.2, 0) is 6.18 Å². The first kappa shape index (κ1) is 16.0. The van der Waals surface area contributed by atoms with Crippen LogP contribution in [0, 0.1) is 11.2 Å². The molecule has 0 aliphatic rings. The summed E-state index contributed by atoms with van der Waals surface area (Å²) >= 11 is 0. The van der Waals surface area contributed by atoms with Crippen LogP contribution in [0.5, 0.6) is 0 Å². The van der Waals surface area contributed by atoms with Crippen molar-refractivity contribution in [1.82, 2.24) is 5.32 Å². The maximum Gasteiger partial charge on any atom is 0.419 e. The van der Waals surface area contributed by atoms with Crippen LogP contribution in [0.4, 0.5) is 17.6 Å². The second kappa shape index (κ2) is 5.49. The van der Waals surface area contributed by atoms with Crippen LogP contribution in [0.25, 0.3) is 0 Å². The maximum absolute atomic E-state index is 14.1. The van der Waals surface area contributed by atoms with Crippen molar-refractivity contribution in [1.29, 1.82) is 0 Å². The van der Waals surface area contributed by atoms with Gasteiger partial charge in [0.2, 0.25) is 0 Å². The minimum absolute atomic E-state index is 0.0594. The number of hydrogen-bond donors (Lipinski definition) is 1. The predicted octanol–water partition coefficient (Wildman–Crippen LogP) is 4.54. The molecule has 0 aliphatic heterocycles. The molecule has 0 amide bonds. The first-order valence-corrected chi connectivity index (χ1v) is 6.18. The molecule has 0 saturated heterocycles. The van der Waals surface area contributed by atoms with Gasteiger partial charge in [-0.2, -0.15) is 13.2 Å². The highest BCUT2D eigenvalue weighted by Gasteiger charge is 2.37. The molecule has 0 spiro atoms. The number of nitrogens with one attached hydrogen (secondary N) is 1. The highest BCUT2D eigenvalue weighted by Crippen LogP contribution is 2.38. The molecule has 1 aromatic carbocycles. The number of rotatable bonds is 3. The molecule has 0 radical (unpaired) electrons. The fourth-order valence-electron chi connectivity index (χ4n) is 2.08. The molecule has 5 heteroatoms. The van der Waals surface area contributed by atoms with Crippen LogP contribution >= 0.6 is 0 Å². The summed E-state index contributed by atoms with van der Waals surface area (Å²) in [6.07, 6.45) is -4.67. The molecule has 0 aromatic heterocycles. The maximum atomic E-state index is 14.1. The molecule has 108 valence electrons. The summed E-state index contributed by atoms with van der Waals surface area (Å²) < 4.78 is 52.3. The molecule has 1 unspecified atom stereocenters. The molecule has 1 atom stereocenters. The van der Waals surface area contributed by atoms with Crippen molar-refractivity contribution in [3.63, 3.8) is 0 Å². The Morgan fingerprint density at radius 1 is 1.16 bits per heavy atom. The van der Waals surface area contributed by atoms with Crippen molar-refractivity contribution in [2.75, 3.05) is 6.54 Å². The smallest absolute Gasteiger partial charge is 0.310 e. The lowest BCUT2D eigenvalue weighted by Crippen LogP contribution is -2.33. The lowest BCUT2D eigenvalue weighted by Gasteiger charge is -2.32. The van der Waals surface area contributed by atoms with E-state index >= 15 is 0 Å². The monoisotopic (exact) mass is 277 g/mol. The molecule has 1 rings (SSSR count). The van der Waals surface area contributed by atoms with E-state index in [9.17, 15) is 17.6 Å². The average Bonchev–Trinajstić information content (AvgIpc) is 2.23. The lowest BCUT2D eigenvalue weighted by atomic mass is 9.81. The largest absolute Gasteiger partial charge is 0.419 e. The number of hydrogen-bond acceptors (Lipinski definition) is 1. The van der Waals surface area contributed by atoms with Gasteiger partial charge in [-0.1, -0.05) is 39.8 Å². The van der Waals surface area contributed by atoms with Crippen molar-refractivity contribution >= 4 is 0 Å². The third-order valence-electron chi connectivity index (χ3n) is 2.92. The van der Waals surface area contributed by atoms with Crippen LogP contribution in [-0.4, -0.2) is 6.54 Å². The van der Waals surface area contributed by atoms with Crippen LogP contribution in [0.1, 0.15) is 44.9 Å². The van der Waals surface area contributed by atoms with Gasteiger partial charge in [0, 0.05) is 11.6 Å². The van der Waals surface area contributed by atoms with Gasteiger partial charge in [-0.3, -0.25) is 0 Å². The second-order valence-corrected chi connectivity index (χ2v) is 5.56. The fourth-order valence-corrected chi connectivity index (χ4v) is 2.08. The summed E-state index contributed by atoms with van der Waals surface area (Å²) in [5.74, 6) is -1.18. The summed E-state index contributed by atoms with van der Waals surface area (Å²) in [4.78, 5) is 0.